The number of ether oxygens (including phenoxy) is 1. The Morgan fingerprint density at radius 3 is 2.62 bits per heavy atom. The number of nitrogens with one attached hydrogen (secondary N) is 1. The van der Waals surface area contributed by atoms with E-state index in [-0.39, 0.29) is 5.97 Å². The molecule has 4 nitrogen and oxygen atoms in total. The molecule has 0 aliphatic rings. The van der Waals surface area contributed by atoms with Crippen LogP contribution in [0.5, 0.6) is 0 Å². The minimum atomic E-state index is -0.458. The number of carbonyl (C=O) groups excluding carboxylic acids is 1. The maximum absolute atomic E-state index is 12.1. The predicted octanol–water partition coefficient (Wildman–Crippen LogP) is 4.11. The molecule has 0 aliphatic carbocycles. The number of aromatic nitrogens is 1. The zero-order valence-electron chi connectivity index (χ0n) is 14.0. The molecule has 3 rings (SSSR count). The van der Waals surface area contributed by atoms with Gasteiger partial charge in [-0.15, -0.1) is 0 Å². The lowest BCUT2D eigenvalue weighted by Crippen LogP contribution is -2.32. The van der Waals surface area contributed by atoms with Crippen LogP contribution in [-0.2, 0) is 16.0 Å². The standard InChI is InChI=1S/C19H20N2O2S/c1-12-9-15-17(10-13(12)2)24-19(20-15)21-16(18(22)23-3)11-14-7-5-4-6-8-14/h4-10,16H,11H2,1-3H3,(H,20,21)/t16-/m0/s1. The summed E-state index contributed by atoms with van der Waals surface area (Å²) < 4.78 is 6.06. The van der Waals surface area contributed by atoms with Gasteiger partial charge in [-0.1, -0.05) is 41.7 Å². The van der Waals surface area contributed by atoms with E-state index >= 15 is 0 Å². The van der Waals surface area contributed by atoms with Crippen LogP contribution in [0.4, 0.5) is 5.13 Å². The third-order valence-corrected chi connectivity index (χ3v) is 5.02. The van der Waals surface area contributed by atoms with E-state index in [2.05, 4.69) is 36.3 Å². The van der Waals surface area contributed by atoms with E-state index in [1.807, 2.05) is 30.3 Å². The van der Waals surface area contributed by atoms with Gasteiger partial charge in [0.2, 0.25) is 0 Å². The number of hydrogen-bond donors (Lipinski definition) is 1. The highest BCUT2D eigenvalue weighted by Crippen LogP contribution is 2.29. The SMILES string of the molecule is COC(=O)[C@H](Cc1ccccc1)Nc1nc2cc(C)c(C)cc2s1. The topological polar surface area (TPSA) is 51.2 Å². The third kappa shape index (κ3) is 3.57. The van der Waals surface area contributed by atoms with Gasteiger partial charge in [0.15, 0.2) is 5.13 Å². The molecule has 1 N–H and O–H groups in total. The molecular formula is C19H20N2O2S. The molecule has 0 fully saturated rings. The van der Waals surface area contributed by atoms with Crippen LogP contribution in [-0.4, -0.2) is 24.1 Å². The molecule has 0 unspecified atom stereocenters. The fraction of sp³-hybridized carbons (Fsp3) is 0.263. The lowest BCUT2D eigenvalue weighted by Gasteiger charge is -2.15. The average molecular weight is 340 g/mol. The molecule has 2 aromatic carbocycles. The summed E-state index contributed by atoms with van der Waals surface area (Å²) in [5, 5.41) is 3.98. The number of rotatable bonds is 5. The van der Waals surface area contributed by atoms with Crippen LogP contribution in [0.1, 0.15) is 16.7 Å². The number of nitrogens with zero attached hydrogens (tertiary/aromatic N) is 1. The number of thiazole rings is 1. The molecule has 0 aliphatic heterocycles. The summed E-state index contributed by atoms with van der Waals surface area (Å²) in [6, 6.07) is 13.7. The first kappa shape index (κ1) is 16.5. The molecule has 0 bridgehead atoms. The maximum atomic E-state index is 12.1. The van der Waals surface area contributed by atoms with E-state index in [1.54, 1.807) is 11.3 Å². The van der Waals surface area contributed by atoms with Crippen LogP contribution in [0.2, 0.25) is 0 Å². The number of anilines is 1. The first-order valence-corrected chi connectivity index (χ1v) is 8.64. The van der Waals surface area contributed by atoms with Crippen molar-refractivity contribution in [3.05, 3.63) is 59.2 Å². The number of carbonyl (C=O) groups is 1. The maximum Gasteiger partial charge on any atom is 0.328 e. The summed E-state index contributed by atoms with van der Waals surface area (Å²) >= 11 is 1.56. The van der Waals surface area contributed by atoms with E-state index < -0.39 is 6.04 Å². The van der Waals surface area contributed by atoms with E-state index in [4.69, 9.17) is 4.74 Å². The Morgan fingerprint density at radius 1 is 1.21 bits per heavy atom. The first-order chi connectivity index (χ1) is 11.6. The Balaban J connectivity index is 1.85. The fourth-order valence-electron chi connectivity index (χ4n) is 2.58. The van der Waals surface area contributed by atoms with Crippen molar-refractivity contribution in [3.63, 3.8) is 0 Å². The molecule has 0 radical (unpaired) electrons. The van der Waals surface area contributed by atoms with Gasteiger partial charge in [0.25, 0.3) is 0 Å². The van der Waals surface area contributed by atoms with Crippen LogP contribution in [0.25, 0.3) is 10.2 Å². The van der Waals surface area contributed by atoms with Crippen molar-refractivity contribution < 1.29 is 9.53 Å². The smallest absolute Gasteiger partial charge is 0.328 e. The van der Waals surface area contributed by atoms with E-state index in [9.17, 15) is 4.79 Å². The van der Waals surface area contributed by atoms with E-state index in [0.717, 1.165) is 20.9 Å². The van der Waals surface area contributed by atoms with Crippen LogP contribution in [0, 0.1) is 13.8 Å². The quantitative estimate of drug-likeness (QED) is 0.710. The molecule has 1 heterocycles. The largest absolute Gasteiger partial charge is 0.467 e. The second-order valence-corrected chi connectivity index (χ2v) is 6.86. The summed E-state index contributed by atoms with van der Waals surface area (Å²) in [4.78, 5) is 16.7. The molecule has 3 aromatic rings. The molecule has 0 saturated heterocycles. The normalized spacial score (nSPS) is 12.1. The number of hydrogen-bond acceptors (Lipinski definition) is 5. The Bertz CT molecular complexity index is 819. The van der Waals surface area contributed by atoms with Gasteiger partial charge >= 0.3 is 5.97 Å². The summed E-state index contributed by atoms with van der Waals surface area (Å²) in [5.41, 5.74) is 4.49. The number of fused-ring (bicyclic) bond motifs is 1. The average Bonchev–Trinajstić information content (AvgIpc) is 2.96. The van der Waals surface area contributed by atoms with Gasteiger partial charge in [0.1, 0.15) is 6.04 Å². The molecule has 0 saturated carbocycles. The van der Waals surface area contributed by atoms with E-state index in [0.29, 0.717) is 6.42 Å². The number of methoxy groups -OCH3 is 1. The minimum Gasteiger partial charge on any atom is -0.467 e. The summed E-state index contributed by atoms with van der Waals surface area (Å²) in [6.07, 6.45) is 0.557. The van der Waals surface area contributed by atoms with Crippen molar-refractivity contribution >= 4 is 32.7 Å². The van der Waals surface area contributed by atoms with Gasteiger partial charge in [-0.05, 0) is 42.7 Å². The molecule has 1 aromatic heterocycles. The monoisotopic (exact) mass is 340 g/mol. The van der Waals surface area contributed by atoms with Crippen molar-refractivity contribution in [3.8, 4) is 0 Å². The summed E-state index contributed by atoms with van der Waals surface area (Å²) in [6.45, 7) is 4.17. The van der Waals surface area contributed by atoms with Crippen molar-refractivity contribution in [2.24, 2.45) is 0 Å². The van der Waals surface area contributed by atoms with Crippen LogP contribution < -0.4 is 5.32 Å². The van der Waals surface area contributed by atoms with Crippen LogP contribution >= 0.6 is 11.3 Å². The third-order valence-electron chi connectivity index (χ3n) is 4.07. The molecule has 0 spiro atoms. The molecule has 124 valence electrons. The molecule has 0 amide bonds. The van der Waals surface area contributed by atoms with Gasteiger partial charge in [0.05, 0.1) is 17.3 Å². The second-order valence-electron chi connectivity index (χ2n) is 5.83. The molecule has 24 heavy (non-hydrogen) atoms. The highest BCUT2D eigenvalue weighted by atomic mass is 32.1. The fourth-order valence-corrected chi connectivity index (χ4v) is 3.57. The van der Waals surface area contributed by atoms with Gasteiger partial charge in [-0.2, -0.15) is 0 Å². The van der Waals surface area contributed by atoms with Crippen molar-refractivity contribution in [2.45, 2.75) is 26.3 Å². The zero-order chi connectivity index (χ0) is 17.1. The van der Waals surface area contributed by atoms with Gasteiger partial charge in [-0.25, -0.2) is 9.78 Å². The Morgan fingerprint density at radius 2 is 1.92 bits per heavy atom. The van der Waals surface area contributed by atoms with Gasteiger partial charge in [0, 0.05) is 6.42 Å². The van der Waals surface area contributed by atoms with Crippen LogP contribution in [0.3, 0.4) is 0 Å². The highest BCUT2D eigenvalue weighted by Gasteiger charge is 2.21. The van der Waals surface area contributed by atoms with Gasteiger partial charge in [-0.3, -0.25) is 0 Å². The lowest BCUT2D eigenvalue weighted by atomic mass is 10.1. The Labute approximate surface area is 145 Å². The molecule has 5 heteroatoms. The first-order valence-electron chi connectivity index (χ1n) is 7.83. The van der Waals surface area contributed by atoms with E-state index in [1.165, 1.54) is 18.2 Å². The van der Waals surface area contributed by atoms with Crippen molar-refractivity contribution in [2.75, 3.05) is 12.4 Å². The van der Waals surface area contributed by atoms with Crippen LogP contribution in [0.15, 0.2) is 42.5 Å². The molecule has 1 atom stereocenters. The predicted molar refractivity (Wildman–Crippen MR) is 98.7 cm³/mol. The zero-order valence-corrected chi connectivity index (χ0v) is 14.8. The van der Waals surface area contributed by atoms with Crippen molar-refractivity contribution in [1.29, 1.82) is 0 Å². The Hall–Kier alpha value is -2.40. The number of aryl methyl sites for hydroxylation is 2. The summed E-state index contributed by atoms with van der Waals surface area (Å²) in [7, 11) is 1.41. The minimum absolute atomic E-state index is 0.287. The van der Waals surface area contributed by atoms with Gasteiger partial charge < -0.3 is 10.1 Å². The van der Waals surface area contributed by atoms with Crippen molar-refractivity contribution in [1.82, 2.24) is 4.98 Å². The number of esters is 1. The Kier molecular flexibility index (Phi) is 4.81. The molecular weight excluding hydrogens is 320 g/mol. The second kappa shape index (κ2) is 7.01. The summed E-state index contributed by atoms with van der Waals surface area (Å²) in [5.74, 6) is -0.287. The lowest BCUT2D eigenvalue weighted by molar-refractivity contribution is -0.141. The number of benzene rings is 2. The highest BCUT2D eigenvalue weighted by molar-refractivity contribution is 7.22.